The summed E-state index contributed by atoms with van der Waals surface area (Å²) in [6, 6.07) is 4.87. The quantitative estimate of drug-likeness (QED) is 0.648. The molecule has 0 aliphatic heterocycles. The van der Waals surface area contributed by atoms with Gasteiger partial charge in [0.05, 0.1) is 23.3 Å². The predicted molar refractivity (Wildman–Crippen MR) is 93.4 cm³/mol. The Bertz CT molecular complexity index is 894. The Hall–Kier alpha value is -2.87. The Kier molecular flexibility index (Phi) is 5.43. The summed E-state index contributed by atoms with van der Waals surface area (Å²) in [6.07, 6.45) is 1.07. The Morgan fingerprint density at radius 3 is 2.64 bits per heavy atom. The van der Waals surface area contributed by atoms with Crippen LogP contribution in [0, 0.1) is 17.0 Å². The Morgan fingerprint density at radius 2 is 2.08 bits per heavy atom. The van der Waals surface area contributed by atoms with E-state index in [0.29, 0.717) is 16.5 Å². The number of ether oxygens (including phenoxy) is 1. The van der Waals surface area contributed by atoms with Crippen LogP contribution in [0.5, 0.6) is 5.75 Å². The number of methoxy groups -OCH3 is 1. The van der Waals surface area contributed by atoms with Gasteiger partial charge in [-0.25, -0.2) is 0 Å². The lowest BCUT2D eigenvalue weighted by Gasteiger charge is -2.16. The number of benzene rings is 1. The molecule has 1 aromatic carbocycles. The van der Waals surface area contributed by atoms with Crippen molar-refractivity contribution < 1.29 is 14.5 Å². The molecule has 25 heavy (non-hydrogen) atoms. The summed E-state index contributed by atoms with van der Waals surface area (Å²) in [7, 11) is 1.47. The molecule has 0 aliphatic rings. The van der Waals surface area contributed by atoms with E-state index in [1.807, 2.05) is 0 Å². The zero-order valence-electron chi connectivity index (χ0n) is 13.8. The van der Waals surface area contributed by atoms with Gasteiger partial charge in [0.1, 0.15) is 11.8 Å². The monoisotopic (exact) mass is 365 g/mol. The number of nitrogens with zero attached hydrogens (tertiary/aromatic N) is 2. The Labute approximate surface area is 148 Å². The van der Waals surface area contributed by atoms with Gasteiger partial charge in [0.2, 0.25) is 5.91 Å². The number of rotatable bonds is 5. The van der Waals surface area contributed by atoms with Crippen molar-refractivity contribution >= 4 is 28.9 Å². The molecule has 0 saturated carbocycles. The highest BCUT2D eigenvalue weighted by Crippen LogP contribution is 2.27. The minimum Gasteiger partial charge on any atom is -0.495 e. The lowest BCUT2D eigenvalue weighted by Crippen LogP contribution is -2.31. The number of aromatic nitrogens is 1. The van der Waals surface area contributed by atoms with E-state index in [9.17, 15) is 19.7 Å². The van der Waals surface area contributed by atoms with Crippen LogP contribution in [0.1, 0.15) is 18.5 Å². The summed E-state index contributed by atoms with van der Waals surface area (Å²) in [5, 5.41) is 14.0. The zero-order valence-corrected chi connectivity index (χ0v) is 14.5. The Balaban J connectivity index is 2.28. The van der Waals surface area contributed by atoms with Crippen molar-refractivity contribution in [3.05, 3.63) is 61.5 Å². The average molecular weight is 366 g/mol. The zero-order chi connectivity index (χ0) is 18.7. The molecule has 1 atom stereocenters. The minimum atomic E-state index is -0.951. The van der Waals surface area contributed by atoms with Crippen molar-refractivity contribution in [1.29, 1.82) is 0 Å². The maximum absolute atomic E-state index is 12.4. The van der Waals surface area contributed by atoms with Gasteiger partial charge in [-0.2, -0.15) is 0 Å². The van der Waals surface area contributed by atoms with Crippen LogP contribution < -0.4 is 15.6 Å². The highest BCUT2D eigenvalue weighted by Gasteiger charge is 2.21. The summed E-state index contributed by atoms with van der Waals surface area (Å²) in [4.78, 5) is 34.9. The molecular formula is C16H16ClN3O5. The van der Waals surface area contributed by atoms with Gasteiger partial charge in [-0.3, -0.25) is 24.3 Å². The molecule has 1 unspecified atom stereocenters. The molecule has 0 spiro atoms. The number of hydrogen-bond donors (Lipinski definition) is 1. The van der Waals surface area contributed by atoms with Crippen LogP contribution in [-0.2, 0) is 4.79 Å². The lowest BCUT2D eigenvalue weighted by molar-refractivity contribution is -0.386. The first-order chi connectivity index (χ1) is 11.7. The third-order valence-electron chi connectivity index (χ3n) is 3.67. The molecule has 2 rings (SSSR count). The van der Waals surface area contributed by atoms with E-state index >= 15 is 0 Å². The van der Waals surface area contributed by atoms with Crippen LogP contribution in [0.2, 0.25) is 5.02 Å². The molecular weight excluding hydrogens is 350 g/mol. The number of pyridine rings is 1. The molecule has 8 nitrogen and oxygen atoms in total. The summed E-state index contributed by atoms with van der Waals surface area (Å²) in [6.45, 7) is 2.94. The van der Waals surface area contributed by atoms with Crippen molar-refractivity contribution in [3.63, 3.8) is 0 Å². The number of nitrogens with one attached hydrogen (secondary N) is 1. The SMILES string of the molecule is COc1ccc(NC(=O)C(C)n2cc([N+](=O)[O-])c(C)cc2=O)cc1Cl. The average Bonchev–Trinajstić information content (AvgIpc) is 2.54. The van der Waals surface area contributed by atoms with Gasteiger partial charge in [0.15, 0.2) is 0 Å². The molecule has 0 aliphatic carbocycles. The molecule has 1 heterocycles. The fraction of sp³-hybridized carbons (Fsp3) is 0.250. The lowest BCUT2D eigenvalue weighted by atomic mass is 10.2. The molecule has 0 radical (unpaired) electrons. The van der Waals surface area contributed by atoms with E-state index in [-0.39, 0.29) is 11.3 Å². The normalized spacial score (nSPS) is 11.7. The second kappa shape index (κ2) is 7.35. The van der Waals surface area contributed by atoms with E-state index in [2.05, 4.69) is 5.32 Å². The van der Waals surface area contributed by atoms with Crippen LogP contribution in [0.4, 0.5) is 11.4 Å². The van der Waals surface area contributed by atoms with Gasteiger partial charge >= 0.3 is 0 Å². The largest absolute Gasteiger partial charge is 0.495 e. The van der Waals surface area contributed by atoms with Crippen LogP contribution in [-0.4, -0.2) is 22.5 Å². The van der Waals surface area contributed by atoms with E-state index in [0.717, 1.165) is 16.8 Å². The minimum absolute atomic E-state index is 0.230. The van der Waals surface area contributed by atoms with Gasteiger partial charge < -0.3 is 10.1 Å². The topological polar surface area (TPSA) is 103 Å². The van der Waals surface area contributed by atoms with Crippen molar-refractivity contribution in [2.45, 2.75) is 19.9 Å². The predicted octanol–water partition coefficient (Wildman–Crippen LogP) is 2.93. The van der Waals surface area contributed by atoms with Gasteiger partial charge in [-0.05, 0) is 32.0 Å². The number of carbonyl (C=O) groups is 1. The van der Waals surface area contributed by atoms with Gasteiger partial charge in [-0.1, -0.05) is 11.6 Å². The number of amides is 1. The number of carbonyl (C=O) groups excluding carboxylic acids is 1. The van der Waals surface area contributed by atoms with Crippen LogP contribution in [0.3, 0.4) is 0 Å². The van der Waals surface area contributed by atoms with Crippen molar-refractivity contribution in [1.82, 2.24) is 4.57 Å². The number of hydrogen-bond acceptors (Lipinski definition) is 5. The third kappa shape index (κ3) is 3.97. The standard InChI is InChI=1S/C16H16ClN3O5/c1-9-6-15(21)19(8-13(9)20(23)24)10(2)16(22)18-11-4-5-14(25-3)12(17)7-11/h4-8,10H,1-3H3,(H,18,22). The molecule has 1 amide bonds. The first kappa shape index (κ1) is 18.5. The third-order valence-corrected chi connectivity index (χ3v) is 3.97. The fourth-order valence-corrected chi connectivity index (χ4v) is 2.50. The summed E-state index contributed by atoms with van der Waals surface area (Å²) < 4.78 is 6.05. The number of nitro groups is 1. The Morgan fingerprint density at radius 1 is 1.40 bits per heavy atom. The number of aryl methyl sites for hydroxylation is 1. The molecule has 0 saturated heterocycles. The van der Waals surface area contributed by atoms with Crippen molar-refractivity contribution in [3.8, 4) is 5.75 Å². The molecule has 1 aromatic heterocycles. The maximum atomic E-state index is 12.4. The van der Waals surface area contributed by atoms with Gasteiger partial charge in [-0.15, -0.1) is 0 Å². The number of halogens is 1. The summed E-state index contributed by atoms with van der Waals surface area (Å²) in [5.74, 6) is -0.0559. The van der Waals surface area contributed by atoms with Gasteiger partial charge in [0, 0.05) is 17.3 Å². The second-order valence-electron chi connectivity index (χ2n) is 5.36. The molecule has 9 heteroatoms. The van der Waals surface area contributed by atoms with Crippen LogP contribution in [0.25, 0.3) is 0 Å². The molecule has 2 aromatic rings. The van der Waals surface area contributed by atoms with E-state index < -0.39 is 22.4 Å². The van der Waals surface area contributed by atoms with Crippen LogP contribution >= 0.6 is 11.6 Å². The molecule has 1 N–H and O–H groups in total. The highest BCUT2D eigenvalue weighted by atomic mass is 35.5. The number of anilines is 1. The fourth-order valence-electron chi connectivity index (χ4n) is 2.24. The molecule has 0 bridgehead atoms. The second-order valence-corrected chi connectivity index (χ2v) is 5.77. The van der Waals surface area contributed by atoms with E-state index in [4.69, 9.17) is 16.3 Å². The van der Waals surface area contributed by atoms with Crippen molar-refractivity contribution in [2.24, 2.45) is 0 Å². The molecule has 0 fully saturated rings. The first-order valence-electron chi connectivity index (χ1n) is 7.26. The highest BCUT2D eigenvalue weighted by molar-refractivity contribution is 6.32. The smallest absolute Gasteiger partial charge is 0.288 e. The summed E-state index contributed by atoms with van der Waals surface area (Å²) in [5.41, 5.74) is -0.0802. The van der Waals surface area contributed by atoms with Crippen LogP contribution in [0.15, 0.2) is 35.3 Å². The first-order valence-corrected chi connectivity index (χ1v) is 7.64. The summed E-state index contributed by atoms with van der Waals surface area (Å²) >= 11 is 6.00. The maximum Gasteiger partial charge on any atom is 0.288 e. The van der Waals surface area contributed by atoms with E-state index in [1.54, 1.807) is 12.1 Å². The van der Waals surface area contributed by atoms with Gasteiger partial charge in [0.25, 0.3) is 11.2 Å². The van der Waals surface area contributed by atoms with E-state index in [1.165, 1.54) is 27.0 Å². The molecule has 132 valence electrons. The van der Waals surface area contributed by atoms with Crippen molar-refractivity contribution in [2.75, 3.05) is 12.4 Å².